The van der Waals surface area contributed by atoms with Gasteiger partial charge in [-0.2, -0.15) is 4.37 Å². The van der Waals surface area contributed by atoms with E-state index in [1.165, 1.54) is 0 Å². The van der Waals surface area contributed by atoms with Crippen LogP contribution in [0.15, 0.2) is 28.7 Å². The Hall–Kier alpha value is -1.40. The molecule has 0 radical (unpaired) electrons. The first-order chi connectivity index (χ1) is 7.59. The second-order valence-corrected chi connectivity index (χ2v) is 4.78. The van der Waals surface area contributed by atoms with Crippen LogP contribution in [0.5, 0.6) is 0 Å². The summed E-state index contributed by atoms with van der Waals surface area (Å²) in [4.78, 5) is 10.9. The van der Waals surface area contributed by atoms with Crippen molar-refractivity contribution in [3.05, 3.63) is 33.6 Å². The van der Waals surface area contributed by atoms with Crippen LogP contribution in [0.1, 0.15) is 9.67 Å². The summed E-state index contributed by atoms with van der Waals surface area (Å²) in [6.07, 6.45) is 0. The molecule has 6 heteroatoms. The zero-order chi connectivity index (χ0) is 11.7. The number of nitrogens with zero attached hydrogens (tertiary/aromatic N) is 1. The maximum atomic E-state index is 10.8. The van der Waals surface area contributed by atoms with E-state index < -0.39 is 5.97 Å². The largest absolute Gasteiger partial charge is 0.477 e. The number of carbonyl (C=O) groups is 1. The third-order valence-electron chi connectivity index (χ3n) is 2.02. The minimum absolute atomic E-state index is 0.0787. The van der Waals surface area contributed by atoms with Crippen LogP contribution < -0.4 is 5.73 Å². The van der Waals surface area contributed by atoms with E-state index in [9.17, 15) is 4.79 Å². The van der Waals surface area contributed by atoms with E-state index in [1.54, 1.807) is 0 Å². The minimum Gasteiger partial charge on any atom is -0.477 e. The molecule has 0 fully saturated rings. The Balaban J connectivity index is 2.53. The molecule has 2 rings (SSSR count). The van der Waals surface area contributed by atoms with Gasteiger partial charge in [-0.3, -0.25) is 0 Å². The lowest BCUT2D eigenvalue weighted by atomic mass is 10.1. The van der Waals surface area contributed by atoms with Crippen molar-refractivity contribution in [2.75, 3.05) is 5.73 Å². The summed E-state index contributed by atoms with van der Waals surface area (Å²) in [5, 5.41) is 8.86. The molecular formula is C10H7BrN2O2S. The molecular weight excluding hydrogens is 292 g/mol. The summed E-state index contributed by atoms with van der Waals surface area (Å²) in [6, 6.07) is 7.40. The Labute approximate surface area is 104 Å². The lowest BCUT2D eigenvalue weighted by Crippen LogP contribution is -1.98. The molecule has 1 heterocycles. The van der Waals surface area contributed by atoms with Gasteiger partial charge in [0.25, 0.3) is 0 Å². The molecule has 82 valence electrons. The predicted octanol–water partition coefficient (Wildman–Crippen LogP) is 2.85. The van der Waals surface area contributed by atoms with E-state index in [-0.39, 0.29) is 10.6 Å². The predicted molar refractivity (Wildman–Crippen MR) is 66.6 cm³/mol. The summed E-state index contributed by atoms with van der Waals surface area (Å²) >= 11 is 4.23. The number of hydrogen-bond acceptors (Lipinski definition) is 4. The Morgan fingerprint density at radius 1 is 1.50 bits per heavy atom. The summed E-state index contributed by atoms with van der Waals surface area (Å²) in [5.41, 5.74) is 7.28. The number of anilines is 1. The van der Waals surface area contributed by atoms with Crippen molar-refractivity contribution in [2.24, 2.45) is 0 Å². The van der Waals surface area contributed by atoms with Gasteiger partial charge < -0.3 is 10.8 Å². The lowest BCUT2D eigenvalue weighted by molar-refractivity contribution is 0.0703. The average Bonchev–Trinajstić information content (AvgIpc) is 2.60. The van der Waals surface area contributed by atoms with Crippen molar-refractivity contribution in [1.29, 1.82) is 0 Å². The Bertz CT molecular complexity index is 554. The summed E-state index contributed by atoms with van der Waals surface area (Å²) < 4.78 is 4.96. The molecule has 0 atom stereocenters. The summed E-state index contributed by atoms with van der Waals surface area (Å²) in [5.74, 6) is -1.05. The van der Waals surface area contributed by atoms with E-state index in [1.807, 2.05) is 24.3 Å². The summed E-state index contributed by atoms with van der Waals surface area (Å²) in [6.45, 7) is 0. The van der Waals surface area contributed by atoms with Gasteiger partial charge >= 0.3 is 5.97 Å². The molecule has 0 saturated heterocycles. The first kappa shape index (κ1) is 11.1. The molecule has 2 aromatic rings. The standard InChI is InChI=1S/C10H7BrN2O2S/c11-6-3-1-2-5(4-6)8-7(12)9(10(14)15)16-13-8/h1-4H,12H2,(H,14,15). The fourth-order valence-corrected chi connectivity index (χ4v) is 2.35. The van der Waals surface area contributed by atoms with Crippen molar-refractivity contribution >= 4 is 39.1 Å². The minimum atomic E-state index is -1.05. The number of benzene rings is 1. The van der Waals surface area contributed by atoms with Crippen LogP contribution >= 0.6 is 27.5 Å². The van der Waals surface area contributed by atoms with Gasteiger partial charge in [-0.25, -0.2) is 4.79 Å². The number of aromatic nitrogens is 1. The Morgan fingerprint density at radius 3 is 2.81 bits per heavy atom. The SMILES string of the molecule is Nc1c(-c2cccc(Br)c2)nsc1C(=O)O. The van der Waals surface area contributed by atoms with Gasteiger partial charge in [0.15, 0.2) is 4.88 Å². The van der Waals surface area contributed by atoms with Crippen molar-refractivity contribution in [2.45, 2.75) is 0 Å². The fourth-order valence-electron chi connectivity index (χ4n) is 1.30. The molecule has 1 aromatic carbocycles. The van der Waals surface area contributed by atoms with Gasteiger partial charge in [0.2, 0.25) is 0 Å². The molecule has 0 saturated carbocycles. The number of nitrogen functional groups attached to an aromatic ring is 1. The second kappa shape index (κ2) is 4.23. The zero-order valence-electron chi connectivity index (χ0n) is 7.98. The third-order valence-corrected chi connectivity index (χ3v) is 3.36. The first-order valence-electron chi connectivity index (χ1n) is 4.34. The molecule has 4 nitrogen and oxygen atoms in total. The Morgan fingerprint density at radius 2 is 2.25 bits per heavy atom. The molecule has 3 N–H and O–H groups in total. The number of hydrogen-bond donors (Lipinski definition) is 2. The molecule has 0 unspecified atom stereocenters. The molecule has 0 aliphatic heterocycles. The molecule has 0 spiro atoms. The molecule has 16 heavy (non-hydrogen) atoms. The number of halogens is 1. The molecule has 0 aliphatic rings. The highest BCUT2D eigenvalue weighted by molar-refractivity contribution is 9.10. The normalized spacial score (nSPS) is 10.3. The fraction of sp³-hybridized carbons (Fsp3) is 0. The molecule has 1 aromatic heterocycles. The van der Waals surface area contributed by atoms with Gasteiger partial charge in [0.1, 0.15) is 5.69 Å². The van der Waals surface area contributed by atoms with Crippen LogP contribution in [0.2, 0.25) is 0 Å². The van der Waals surface area contributed by atoms with Gasteiger partial charge in [0, 0.05) is 10.0 Å². The van der Waals surface area contributed by atoms with Crippen molar-refractivity contribution < 1.29 is 9.90 Å². The van der Waals surface area contributed by atoms with E-state index >= 15 is 0 Å². The van der Waals surface area contributed by atoms with E-state index in [0.29, 0.717) is 5.69 Å². The van der Waals surface area contributed by atoms with Crippen LogP contribution in [0.4, 0.5) is 5.69 Å². The summed E-state index contributed by atoms with van der Waals surface area (Å²) in [7, 11) is 0. The second-order valence-electron chi connectivity index (χ2n) is 3.09. The van der Waals surface area contributed by atoms with E-state index in [2.05, 4.69) is 20.3 Å². The number of carboxylic acid groups (broad SMARTS) is 1. The first-order valence-corrected chi connectivity index (χ1v) is 5.90. The number of nitrogens with two attached hydrogens (primary N) is 1. The molecule has 0 bridgehead atoms. The topological polar surface area (TPSA) is 76.2 Å². The average molecular weight is 299 g/mol. The van der Waals surface area contributed by atoms with Crippen LogP contribution in [0.25, 0.3) is 11.3 Å². The number of carboxylic acids is 1. The molecule has 0 amide bonds. The van der Waals surface area contributed by atoms with Crippen molar-refractivity contribution in [1.82, 2.24) is 4.37 Å². The van der Waals surface area contributed by atoms with Crippen molar-refractivity contribution in [3.63, 3.8) is 0 Å². The van der Waals surface area contributed by atoms with Crippen molar-refractivity contribution in [3.8, 4) is 11.3 Å². The monoisotopic (exact) mass is 298 g/mol. The third kappa shape index (κ3) is 1.94. The zero-order valence-corrected chi connectivity index (χ0v) is 10.4. The quantitative estimate of drug-likeness (QED) is 0.894. The van der Waals surface area contributed by atoms with Crippen LogP contribution in [-0.4, -0.2) is 15.4 Å². The number of aromatic carboxylic acids is 1. The van der Waals surface area contributed by atoms with Gasteiger partial charge in [-0.15, -0.1) is 0 Å². The van der Waals surface area contributed by atoms with E-state index in [4.69, 9.17) is 10.8 Å². The van der Waals surface area contributed by atoms with Crippen LogP contribution in [-0.2, 0) is 0 Å². The van der Waals surface area contributed by atoms with E-state index in [0.717, 1.165) is 21.6 Å². The maximum absolute atomic E-state index is 10.8. The highest BCUT2D eigenvalue weighted by Gasteiger charge is 2.17. The van der Waals surface area contributed by atoms with Gasteiger partial charge in [-0.1, -0.05) is 28.1 Å². The number of rotatable bonds is 2. The maximum Gasteiger partial charge on any atom is 0.349 e. The highest BCUT2D eigenvalue weighted by Crippen LogP contribution is 2.31. The van der Waals surface area contributed by atoms with Gasteiger partial charge in [0.05, 0.1) is 5.69 Å². The Kier molecular flexibility index (Phi) is 2.93. The van der Waals surface area contributed by atoms with Crippen LogP contribution in [0, 0.1) is 0 Å². The highest BCUT2D eigenvalue weighted by atomic mass is 79.9. The lowest BCUT2D eigenvalue weighted by Gasteiger charge is -1.99. The smallest absolute Gasteiger partial charge is 0.349 e. The van der Waals surface area contributed by atoms with Gasteiger partial charge in [-0.05, 0) is 23.7 Å². The molecule has 0 aliphatic carbocycles. The van der Waals surface area contributed by atoms with Crippen LogP contribution in [0.3, 0.4) is 0 Å².